The highest BCUT2D eigenvalue weighted by Gasteiger charge is 2.45. The number of alkyl halides is 6. The number of hydrogen-bond donors (Lipinski definition) is 0. The van der Waals surface area contributed by atoms with Crippen molar-refractivity contribution in [2.24, 2.45) is 0 Å². The van der Waals surface area contributed by atoms with Gasteiger partial charge in [0.05, 0.1) is 65.2 Å². The van der Waals surface area contributed by atoms with Crippen LogP contribution in [0.25, 0.3) is 0 Å². The monoisotopic (exact) mass is 518 g/mol. The molecule has 0 aromatic rings. The van der Waals surface area contributed by atoms with Crippen LogP contribution in [0.2, 0.25) is 0 Å². The van der Waals surface area contributed by atoms with E-state index in [0.717, 1.165) is 64.7 Å². The van der Waals surface area contributed by atoms with Crippen molar-refractivity contribution in [3.05, 3.63) is 0 Å². The fourth-order valence-electron chi connectivity index (χ4n) is 5.15. The van der Waals surface area contributed by atoms with Crippen LogP contribution in [-0.4, -0.2) is 73.7 Å². The number of halogens is 7. The van der Waals surface area contributed by atoms with Crippen LogP contribution in [0, 0.1) is 0 Å². The number of likely N-dealkylation sites (tertiary alicyclic amines) is 2. The zero-order chi connectivity index (χ0) is 26.1. The Bertz CT molecular complexity index is 565. The van der Waals surface area contributed by atoms with Crippen LogP contribution in [0.3, 0.4) is 0 Å². The molecule has 2 heterocycles. The van der Waals surface area contributed by atoms with E-state index in [1.807, 2.05) is 27.9 Å². The van der Waals surface area contributed by atoms with E-state index in [1.165, 1.54) is 0 Å². The first-order valence-corrected chi connectivity index (χ1v) is 12.7. The third-order valence-electron chi connectivity index (χ3n) is 6.58. The molecule has 2 fully saturated rings. The Morgan fingerprint density at radius 2 is 1.06 bits per heavy atom. The molecule has 5 nitrogen and oxygen atoms in total. The molecule has 2 saturated heterocycles. The third-order valence-corrected chi connectivity index (χ3v) is 6.58. The van der Waals surface area contributed by atoms with E-state index in [-0.39, 0.29) is 12.1 Å². The normalized spacial score (nSPS) is 30.3. The lowest BCUT2D eigenvalue weighted by atomic mass is 10.1. The quantitative estimate of drug-likeness (QED) is 0.291. The van der Waals surface area contributed by atoms with Gasteiger partial charge in [0.15, 0.2) is 0 Å². The van der Waals surface area contributed by atoms with E-state index in [0.29, 0.717) is 8.97 Å². The van der Waals surface area contributed by atoms with Crippen LogP contribution in [0.15, 0.2) is 0 Å². The maximum atomic E-state index is 12.3. The molecule has 4 unspecified atom stereocenters. The number of quaternary nitrogens is 2. The van der Waals surface area contributed by atoms with Crippen LogP contribution in [0.1, 0.15) is 65.2 Å². The minimum atomic E-state index is -5.64. The van der Waals surface area contributed by atoms with Crippen LogP contribution in [0.5, 0.6) is 0 Å². The number of rotatable bonds is 6. The van der Waals surface area contributed by atoms with Crippen molar-refractivity contribution in [1.82, 2.24) is 0 Å². The largest absolute Gasteiger partial charge is 0.786 e. The number of hydrogen-bond acceptors (Lipinski definition) is 3. The van der Waals surface area contributed by atoms with Gasteiger partial charge in [0.25, 0.3) is 0 Å². The van der Waals surface area contributed by atoms with E-state index in [4.69, 9.17) is 14.4 Å². The van der Waals surface area contributed by atoms with E-state index in [2.05, 4.69) is 0 Å². The van der Waals surface area contributed by atoms with E-state index < -0.39 is 33.1 Å². The summed E-state index contributed by atoms with van der Waals surface area (Å²) in [5.41, 5.74) is 0. The van der Waals surface area contributed by atoms with Gasteiger partial charge in [-0.3, -0.25) is 0 Å². The van der Waals surface area contributed by atoms with Gasteiger partial charge >= 0.3 is 12.4 Å². The summed E-state index contributed by atoms with van der Waals surface area (Å²) < 4.78 is 93.5. The molecule has 4 atom stereocenters. The molecule has 200 valence electrons. The van der Waals surface area contributed by atoms with E-state index in [9.17, 15) is 30.5 Å². The standard InChI is InChI=1S/2C10H19F3N.FH2O3P/c2*1-3-6-14(2)7-4-5-9(14)8-10(11,12)13;1-5(2,3)4/h2*9H,3-8H2,1-2H3;(H2,2,3,4)/q2*+1;/p-2. The van der Waals surface area contributed by atoms with Crippen molar-refractivity contribution >= 4 is 7.91 Å². The van der Waals surface area contributed by atoms with Crippen molar-refractivity contribution in [3.8, 4) is 0 Å². The number of nitrogens with zero attached hydrogens (tertiary/aromatic N) is 2. The molecule has 33 heavy (non-hydrogen) atoms. The summed E-state index contributed by atoms with van der Waals surface area (Å²) in [6.45, 7) is 7.64. The molecular formula is C20H38F7N2O3P. The average molecular weight is 518 g/mol. The first-order chi connectivity index (χ1) is 14.7. The van der Waals surface area contributed by atoms with Crippen LogP contribution in [-0.2, 0) is 4.57 Å². The molecule has 0 aromatic heterocycles. The van der Waals surface area contributed by atoms with Crippen molar-refractivity contribution in [2.45, 2.75) is 89.7 Å². The fraction of sp³-hybridized carbons (Fsp3) is 1.00. The SMILES string of the molecule is CCC[N+]1(C)CCCC1CC(F)(F)F.CCC[N+]1(C)CCCC1CC(F)(F)F.O=P([O-])([O-])F. The van der Waals surface area contributed by atoms with Crippen LogP contribution < -0.4 is 9.79 Å². The molecule has 0 amide bonds. The minimum absolute atomic E-state index is 0.199. The lowest BCUT2D eigenvalue weighted by molar-refractivity contribution is -0.922. The Morgan fingerprint density at radius 1 is 0.788 bits per heavy atom. The molecule has 0 aromatic carbocycles. The second-order valence-corrected chi connectivity index (χ2v) is 10.4. The maximum Gasteiger partial charge on any atom is 0.394 e. The van der Waals surface area contributed by atoms with Gasteiger partial charge in [0, 0.05) is 25.7 Å². The van der Waals surface area contributed by atoms with Gasteiger partial charge in [0.2, 0.25) is 0 Å². The fourth-order valence-corrected chi connectivity index (χ4v) is 5.15. The summed E-state index contributed by atoms with van der Waals surface area (Å²) in [6, 6.07) is -0.398. The van der Waals surface area contributed by atoms with Gasteiger partial charge in [-0.15, -0.1) is 0 Å². The second-order valence-electron chi connectivity index (χ2n) is 9.51. The molecule has 13 heteroatoms. The maximum absolute atomic E-state index is 12.3. The highest BCUT2D eigenvalue weighted by Crippen LogP contribution is 2.35. The Labute approximate surface area is 192 Å². The van der Waals surface area contributed by atoms with Gasteiger partial charge in [-0.05, 0) is 12.8 Å². The van der Waals surface area contributed by atoms with Crippen LogP contribution in [0.4, 0.5) is 30.5 Å². The van der Waals surface area contributed by atoms with Gasteiger partial charge < -0.3 is 23.3 Å². The zero-order valence-electron chi connectivity index (χ0n) is 19.9. The van der Waals surface area contributed by atoms with Crippen molar-refractivity contribution < 1.29 is 53.9 Å². The lowest BCUT2D eigenvalue weighted by Crippen LogP contribution is -2.50. The first kappa shape index (κ1) is 32.6. The highest BCUT2D eigenvalue weighted by molar-refractivity contribution is 7.42. The topological polar surface area (TPSA) is 63.2 Å². The highest BCUT2D eigenvalue weighted by atomic mass is 31.2. The molecular weight excluding hydrogens is 480 g/mol. The predicted molar refractivity (Wildman–Crippen MR) is 109 cm³/mol. The Kier molecular flexibility index (Phi) is 12.9. The van der Waals surface area contributed by atoms with E-state index in [1.54, 1.807) is 0 Å². The molecule has 2 rings (SSSR count). The van der Waals surface area contributed by atoms with Crippen LogP contribution >= 0.6 is 7.91 Å². The molecule has 0 radical (unpaired) electrons. The molecule has 0 N–H and O–H groups in total. The Hall–Kier alpha value is -0.420. The smallest absolute Gasteiger partial charge is 0.394 e. The summed E-state index contributed by atoms with van der Waals surface area (Å²) in [7, 11) is -1.71. The second kappa shape index (κ2) is 13.0. The first-order valence-electron chi connectivity index (χ1n) is 11.3. The summed E-state index contributed by atoms with van der Waals surface area (Å²) >= 11 is 0. The van der Waals surface area contributed by atoms with Crippen molar-refractivity contribution in [3.63, 3.8) is 0 Å². The molecule has 2 aliphatic rings. The van der Waals surface area contributed by atoms with Gasteiger partial charge in [-0.1, -0.05) is 13.8 Å². The van der Waals surface area contributed by atoms with Crippen molar-refractivity contribution in [1.29, 1.82) is 0 Å². The van der Waals surface area contributed by atoms with Gasteiger partial charge in [-0.2, -0.15) is 26.3 Å². The molecule has 0 aliphatic carbocycles. The lowest BCUT2D eigenvalue weighted by Gasteiger charge is -2.36. The van der Waals surface area contributed by atoms with E-state index >= 15 is 0 Å². The average Bonchev–Trinajstić information content (AvgIpc) is 3.08. The van der Waals surface area contributed by atoms with Crippen molar-refractivity contribution in [2.75, 3.05) is 40.3 Å². The Balaban J connectivity index is 0.000000517. The van der Waals surface area contributed by atoms with Gasteiger partial charge in [-0.25, -0.2) is 4.20 Å². The minimum Gasteiger partial charge on any atom is -0.786 e. The summed E-state index contributed by atoms with van der Waals surface area (Å²) in [5, 5.41) is 0. The van der Waals surface area contributed by atoms with Gasteiger partial charge in [0.1, 0.15) is 7.91 Å². The third kappa shape index (κ3) is 14.5. The summed E-state index contributed by atoms with van der Waals surface area (Å²) in [5.74, 6) is 0. The summed E-state index contributed by atoms with van der Waals surface area (Å²) in [4.78, 5) is 16.9. The molecule has 0 saturated carbocycles. The summed E-state index contributed by atoms with van der Waals surface area (Å²) in [6.07, 6.45) is -3.94. The Morgan fingerprint density at radius 3 is 1.27 bits per heavy atom. The molecule has 2 aliphatic heterocycles. The molecule has 0 bridgehead atoms. The zero-order valence-corrected chi connectivity index (χ0v) is 20.7. The predicted octanol–water partition coefficient (Wildman–Crippen LogP) is 4.70. The molecule has 0 spiro atoms.